The van der Waals surface area contributed by atoms with Crippen molar-refractivity contribution in [3.8, 4) is 0 Å². The van der Waals surface area contributed by atoms with Gasteiger partial charge in [-0.3, -0.25) is 9.69 Å². The van der Waals surface area contributed by atoms with E-state index in [-0.39, 0.29) is 11.9 Å². The molecule has 0 aromatic carbocycles. The Morgan fingerprint density at radius 2 is 2.37 bits per heavy atom. The third-order valence-electron chi connectivity index (χ3n) is 2.86. The van der Waals surface area contributed by atoms with Crippen LogP contribution in [-0.4, -0.2) is 38.8 Å². The van der Waals surface area contributed by atoms with Gasteiger partial charge in [-0.1, -0.05) is 0 Å². The Kier molecular flexibility index (Phi) is 4.28. The number of rotatable bonds is 5. The Hall–Kier alpha value is -1.73. The van der Waals surface area contributed by atoms with Crippen LogP contribution in [0.2, 0.25) is 0 Å². The Balaban J connectivity index is 1.91. The summed E-state index contributed by atoms with van der Waals surface area (Å²) in [7, 11) is 1.89. The number of imidazole rings is 1. The summed E-state index contributed by atoms with van der Waals surface area (Å²) in [6.45, 7) is 4.41. The number of carbonyl (C=O) groups excluding carboxylic acids is 1. The lowest BCUT2D eigenvalue weighted by molar-refractivity contribution is -0.120. The molecule has 1 unspecified atom stereocenters. The fraction of sp³-hybridized carbons (Fsp3) is 0.417. The predicted molar refractivity (Wildman–Crippen MR) is 75.0 cm³/mol. The van der Waals surface area contributed by atoms with Crippen LogP contribution in [0.25, 0.3) is 0 Å². The van der Waals surface area contributed by atoms with Crippen LogP contribution in [0, 0.1) is 6.92 Å². The van der Waals surface area contributed by atoms with Crippen molar-refractivity contribution in [2.45, 2.75) is 26.4 Å². The lowest BCUT2D eigenvalue weighted by atomic mass is 10.3. The zero-order valence-electron chi connectivity index (χ0n) is 11.2. The number of aromatic amines is 1. The first-order chi connectivity index (χ1) is 9.06. The molecule has 0 saturated carbocycles. The molecule has 0 spiro atoms. The van der Waals surface area contributed by atoms with Crippen LogP contribution in [0.5, 0.6) is 0 Å². The molecule has 2 aromatic rings. The number of thiazole rings is 1. The van der Waals surface area contributed by atoms with Gasteiger partial charge in [0, 0.05) is 23.5 Å². The van der Waals surface area contributed by atoms with Crippen molar-refractivity contribution in [3.63, 3.8) is 0 Å². The maximum absolute atomic E-state index is 12.0. The highest BCUT2D eigenvalue weighted by atomic mass is 32.1. The van der Waals surface area contributed by atoms with Crippen molar-refractivity contribution >= 4 is 22.4 Å². The standard InChI is InChI=1S/C12H17N5OS/c1-8-6-14-10(15-8)7-17(3)9(2)11(18)16-12-13-4-5-19-12/h4-6,9H,7H2,1-3H3,(H,14,15)(H,13,16,18). The van der Waals surface area contributed by atoms with Crippen molar-refractivity contribution < 1.29 is 4.79 Å². The summed E-state index contributed by atoms with van der Waals surface area (Å²) in [5.41, 5.74) is 1.02. The van der Waals surface area contributed by atoms with E-state index < -0.39 is 0 Å². The second kappa shape index (κ2) is 5.94. The predicted octanol–water partition coefficient (Wildman–Crippen LogP) is 1.63. The van der Waals surface area contributed by atoms with Gasteiger partial charge in [-0.15, -0.1) is 11.3 Å². The van der Waals surface area contributed by atoms with Crippen LogP contribution in [-0.2, 0) is 11.3 Å². The molecule has 6 nitrogen and oxygen atoms in total. The lowest BCUT2D eigenvalue weighted by Gasteiger charge is -2.22. The van der Waals surface area contributed by atoms with Crippen molar-refractivity contribution in [1.29, 1.82) is 0 Å². The van der Waals surface area contributed by atoms with Crippen LogP contribution in [0.15, 0.2) is 17.8 Å². The van der Waals surface area contributed by atoms with Crippen LogP contribution in [0.4, 0.5) is 5.13 Å². The Bertz CT molecular complexity index is 536. The zero-order valence-corrected chi connectivity index (χ0v) is 12.0. The number of aromatic nitrogens is 3. The molecule has 19 heavy (non-hydrogen) atoms. The molecule has 2 aromatic heterocycles. The van der Waals surface area contributed by atoms with E-state index >= 15 is 0 Å². The van der Waals surface area contributed by atoms with Gasteiger partial charge in [0.1, 0.15) is 5.82 Å². The number of hydrogen-bond acceptors (Lipinski definition) is 5. The minimum Gasteiger partial charge on any atom is -0.345 e. The molecule has 1 amide bonds. The molecule has 0 saturated heterocycles. The number of hydrogen-bond donors (Lipinski definition) is 2. The van der Waals surface area contributed by atoms with Gasteiger partial charge < -0.3 is 10.3 Å². The minimum absolute atomic E-state index is 0.0688. The quantitative estimate of drug-likeness (QED) is 0.872. The average Bonchev–Trinajstić information content (AvgIpc) is 3.00. The van der Waals surface area contributed by atoms with E-state index in [4.69, 9.17) is 0 Å². The minimum atomic E-state index is -0.255. The van der Waals surface area contributed by atoms with Crippen molar-refractivity contribution in [2.24, 2.45) is 0 Å². The van der Waals surface area contributed by atoms with Crippen LogP contribution < -0.4 is 5.32 Å². The van der Waals surface area contributed by atoms with E-state index in [1.807, 2.05) is 31.2 Å². The van der Waals surface area contributed by atoms with E-state index in [1.54, 1.807) is 12.4 Å². The Labute approximate surface area is 115 Å². The summed E-state index contributed by atoms with van der Waals surface area (Å²) >= 11 is 1.41. The summed E-state index contributed by atoms with van der Waals surface area (Å²) < 4.78 is 0. The van der Waals surface area contributed by atoms with Gasteiger partial charge in [-0.25, -0.2) is 9.97 Å². The average molecular weight is 279 g/mol. The highest BCUT2D eigenvalue weighted by molar-refractivity contribution is 7.13. The molecule has 0 fully saturated rings. The maximum Gasteiger partial charge on any atom is 0.243 e. The third-order valence-corrected chi connectivity index (χ3v) is 3.55. The van der Waals surface area contributed by atoms with Gasteiger partial charge in [0.15, 0.2) is 5.13 Å². The molecule has 2 heterocycles. The molecule has 1 atom stereocenters. The van der Waals surface area contributed by atoms with Crippen LogP contribution >= 0.6 is 11.3 Å². The number of nitrogens with zero attached hydrogens (tertiary/aromatic N) is 3. The molecule has 0 bridgehead atoms. The van der Waals surface area contributed by atoms with Gasteiger partial charge in [0.2, 0.25) is 5.91 Å². The van der Waals surface area contributed by atoms with E-state index in [0.29, 0.717) is 11.7 Å². The fourth-order valence-corrected chi connectivity index (χ4v) is 2.15. The third kappa shape index (κ3) is 3.62. The number of amides is 1. The summed E-state index contributed by atoms with van der Waals surface area (Å²) in [4.78, 5) is 25.4. The number of nitrogens with one attached hydrogen (secondary N) is 2. The molecule has 2 rings (SSSR count). The first kappa shape index (κ1) is 13.7. The molecular formula is C12H17N5OS. The first-order valence-electron chi connectivity index (χ1n) is 5.97. The highest BCUT2D eigenvalue weighted by Crippen LogP contribution is 2.12. The summed E-state index contributed by atoms with van der Waals surface area (Å²) in [5, 5.41) is 5.24. The van der Waals surface area contributed by atoms with Gasteiger partial charge in [-0.05, 0) is 20.9 Å². The van der Waals surface area contributed by atoms with E-state index in [2.05, 4.69) is 20.3 Å². The second-order valence-corrected chi connectivity index (χ2v) is 5.33. The molecule has 0 aliphatic rings. The van der Waals surface area contributed by atoms with E-state index in [1.165, 1.54) is 11.3 Å². The Morgan fingerprint density at radius 1 is 1.58 bits per heavy atom. The number of anilines is 1. The van der Waals surface area contributed by atoms with Crippen molar-refractivity contribution in [3.05, 3.63) is 29.3 Å². The van der Waals surface area contributed by atoms with Crippen LogP contribution in [0.1, 0.15) is 18.4 Å². The first-order valence-corrected chi connectivity index (χ1v) is 6.85. The zero-order chi connectivity index (χ0) is 13.8. The SMILES string of the molecule is Cc1cnc(CN(C)C(C)C(=O)Nc2nccs2)[nH]1. The topological polar surface area (TPSA) is 73.9 Å². The molecule has 0 aliphatic heterocycles. The smallest absolute Gasteiger partial charge is 0.243 e. The summed E-state index contributed by atoms with van der Waals surface area (Å²) in [5.74, 6) is 0.787. The largest absolute Gasteiger partial charge is 0.345 e. The monoisotopic (exact) mass is 279 g/mol. The molecular weight excluding hydrogens is 262 g/mol. The van der Waals surface area contributed by atoms with Gasteiger partial charge in [-0.2, -0.15) is 0 Å². The normalized spacial score (nSPS) is 12.6. The van der Waals surface area contributed by atoms with Gasteiger partial charge in [0.05, 0.1) is 12.6 Å². The summed E-state index contributed by atoms with van der Waals surface area (Å²) in [6, 6.07) is -0.255. The molecule has 0 aliphatic carbocycles. The van der Waals surface area contributed by atoms with E-state index in [0.717, 1.165) is 11.5 Å². The van der Waals surface area contributed by atoms with Crippen LogP contribution in [0.3, 0.4) is 0 Å². The van der Waals surface area contributed by atoms with Gasteiger partial charge in [0.25, 0.3) is 0 Å². The molecule has 2 N–H and O–H groups in total. The van der Waals surface area contributed by atoms with Gasteiger partial charge >= 0.3 is 0 Å². The number of H-pyrrole nitrogens is 1. The summed E-state index contributed by atoms with van der Waals surface area (Å²) in [6.07, 6.45) is 3.45. The number of carbonyl (C=O) groups is 1. The number of aryl methyl sites for hydroxylation is 1. The molecule has 0 radical (unpaired) electrons. The van der Waals surface area contributed by atoms with Crippen molar-refractivity contribution in [1.82, 2.24) is 19.9 Å². The lowest BCUT2D eigenvalue weighted by Crippen LogP contribution is -2.39. The van der Waals surface area contributed by atoms with Crippen molar-refractivity contribution in [2.75, 3.05) is 12.4 Å². The second-order valence-electron chi connectivity index (χ2n) is 4.43. The fourth-order valence-electron chi connectivity index (χ4n) is 1.62. The molecule has 7 heteroatoms. The highest BCUT2D eigenvalue weighted by Gasteiger charge is 2.19. The Morgan fingerprint density at radius 3 is 2.95 bits per heavy atom. The maximum atomic E-state index is 12.0. The molecule has 102 valence electrons. The van der Waals surface area contributed by atoms with E-state index in [9.17, 15) is 4.79 Å². The number of likely N-dealkylation sites (N-methyl/N-ethyl adjacent to an activating group) is 1.